The van der Waals surface area contributed by atoms with Crippen molar-refractivity contribution in [2.24, 2.45) is 5.73 Å². The largest absolute Gasteiger partial charge is 0.340 e. The maximum atomic E-state index is 12.7. The summed E-state index contributed by atoms with van der Waals surface area (Å²) in [6.07, 6.45) is 0. The number of aromatic amines is 1. The standard InChI is InChI=1S/C16H19N7O2S.C6H15N/c1-16(2)11(12-19-21-22-20-12)23-14(25)10(15(23)26-16)18-13(24)9(17)8-6-4-3-5-7-8;1-4-7(5-2)6-3/h3-7,9-11,15H,17H2,1-2H3,(H,18,24)(H,19,20,21,22);4-6H2,1-3H3/t9?,10?,11?,15-;/m1./s1. The first-order valence-corrected chi connectivity index (χ1v) is 12.2. The van der Waals surface area contributed by atoms with Crippen LogP contribution in [0, 0.1) is 0 Å². The van der Waals surface area contributed by atoms with E-state index in [1.807, 2.05) is 32.0 Å². The molecular weight excluding hydrogens is 440 g/mol. The minimum Gasteiger partial charge on any atom is -0.340 e. The van der Waals surface area contributed by atoms with Crippen LogP contribution in [0.5, 0.6) is 0 Å². The zero-order chi connectivity index (χ0) is 24.2. The molecule has 0 bridgehead atoms. The molecule has 2 aromatic rings. The molecule has 2 aliphatic rings. The molecule has 4 rings (SSSR count). The first-order valence-electron chi connectivity index (χ1n) is 11.3. The van der Waals surface area contributed by atoms with E-state index in [4.69, 9.17) is 5.73 Å². The maximum absolute atomic E-state index is 12.7. The molecule has 33 heavy (non-hydrogen) atoms. The lowest BCUT2D eigenvalue weighted by Crippen LogP contribution is -2.68. The van der Waals surface area contributed by atoms with E-state index in [9.17, 15) is 9.59 Å². The number of rotatable bonds is 7. The summed E-state index contributed by atoms with van der Waals surface area (Å²) < 4.78 is -0.289. The van der Waals surface area contributed by atoms with E-state index >= 15 is 0 Å². The fourth-order valence-corrected chi connectivity index (χ4v) is 5.83. The number of benzene rings is 1. The van der Waals surface area contributed by atoms with Gasteiger partial charge in [-0.1, -0.05) is 51.1 Å². The van der Waals surface area contributed by atoms with Crippen LogP contribution in [-0.2, 0) is 9.59 Å². The van der Waals surface area contributed by atoms with Gasteiger partial charge < -0.3 is 20.9 Å². The Kier molecular flexibility index (Phi) is 8.09. The third-order valence-electron chi connectivity index (χ3n) is 6.14. The number of β-lactam (4-membered cyclic amide) rings is 1. The molecular formula is C22H34N8O2S. The average Bonchev–Trinajstić information content (AvgIpc) is 3.43. The summed E-state index contributed by atoms with van der Waals surface area (Å²) in [5, 5.41) is 16.6. The van der Waals surface area contributed by atoms with E-state index in [2.05, 4.69) is 51.6 Å². The highest BCUT2D eigenvalue weighted by Gasteiger charge is 2.63. The molecule has 4 N–H and O–H groups in total. The van der Waals surface area contributed by atoms with Crippen LogP contribution >= 0.6 is 11.8 Å². The second-order valence-electron chi connectivity index (χ2n) is 8.54. The van der Waals surface area contributed by atoms with Crippen LogP contribution in [0.15, 0.2) is 30.3 Å². The molecule has 0 aliphatic carbocycles. The molecule has 3 heterocycles. The van der Waals surface area contributed by atoms with E-state index in [0.29, 0.717) is 11.4 Å². The van der Waals surface area contributed by atoms with E-state index in [0.717, 1.165) is 0 Å². The second-order valence-corrected chi connectivity index (χ2v) is 10.3. The first kappa shape index (κ1) is 25.1. The Labute approximate surface area is 199 Å². The van der Waals surface area contributed by atoms with Crippen molar-refractivity contribution in [3.8, 4) is 0 Å². The number of amides is 2. The van der Waals surface area contributed by atoms with E-state index in [1.54, 1.807) is 28.8 Å². The fraction of sp³-hybridized carbons (Fsp3) is 0.591. The lowest BCUT2D eigenvalue weighted by atomic mass is 9.95. The lowest BCUT2D eigenvalue weighted by Gasteiger charge is -2.44. The van der Waals surface area contributed by atoms with Gasteiger partial charge in [-0.25, -0.2) is 5.10 Å². The number of hydrogen-bond acceptors (Lipinski definition) is 8. The Morgan fingerprint density at radius 1 is 1.24 bits per heavy atom. The molecule has 180 valence electrons. The van der Waals surface area contributed by atoms with Gasteiger partial charge in [0.05, 0.1) is 0 Å². The third-order valence-corrected chi connectivity index (χ3v) is 7.71. The van der Waals surface area contributed by atoms with Crippen molar-refractivity contribution >= 4 is 23.6 Å². The summed E-state index contributed by atoms with van der Waals surface area (Å²) in [4.78, 5) is 29.3. The Bertz CT molecular complexity index is 914. The van der Waals surface area contributed by atoms with Crippen molar-refractivity contribution in [1.29, 1.82) is 0 Å². The predicted octanol–water partition coefficient (Wildman–Crippen LogP) is 1.47. The number of carbonyl (C=O) groups excluding carboxylic acids is 2. The predicted molar refractivity (Wildman–Crippen MR) is 128 cm³/mol. The minimum absolute atomic E-state index is 0.150. The smallest absolute Gasteiger partial charge is 0.249 e. The van der Waals surface area contributed by atoms with E-state index < -0.39 is 12.1 Å². The van der Waals surface area contributed by atoms with Gasteiger partial charge in [0.25, 0.3) is 0 Å². The van der Waals surface area contributed by atoms with Crippen LogP contribution in [0.3, 0.4) is 0 Å². The molecule has 10 nitrogen and oxygen atoms in total. The molecule has 2 fully saturated rings. The van der Waals surface area contributed by atoms with Gasteiger partial charge in [-0.2, -0.15) is 0 Å². The van der Waals surface area contributed by atoms with Gasteiger partial charge in [-0.15, -0.1) is 16.9 Å². The van der Waals surface area contributed by atoms with E-state index in [1.165, 1.54) is 19.6 Å². The number of nitrogens with zero attached hydrogens (tertiary/aromatic N) is 5. The van der Waals surface area contributed by atoms with Gasteiger partial charge in [0.1, 0.15) is 23.5 Å². The molecule has 1 aromatic carbocycles. The van der Waals surface area contributed by atoms with Crippen molar-refractivity contribution < 1.29 is 9.59 Å². The Balaban J connectivity index is 0.000000383. The third kappa shape index (κ3) is 5.20. The zero-order valence-electron chi connectivity index (χ0n) is 19.9. The van der Waals surface area contributed by atoms with Crippen LogP contribution in [0.1, 0.15) is 58.1 Å². The summed E-state index contributed by atoms with van der Waals surface area (Å²) in [6.45, 7) is 14.2. The van der Waals surface area contributed by atoms with Gasteiger partial charge in [0.2, 0.25) is 11.8 Å². The number of tetrazole rings is 1. The molecule has 0 spiro atoms. The summed E-state index contributed by atoms with van der Waals surface area (Å²) in [6, 6.07) is 7.41. The van der Waals surface area contributed by atoms with Crippen LogP contribution in [0.25, 0.3) is 0 Å². The number of thioether (sulfide) groups is 1. The molecule has 2 aliphatic heterocycles. The van der Waals surface area contributed by atoms with Crippen LogP contribution in [0.2, 0.25) is 0 Å². The second kappa shape index (κ2) is 10.6. The highest BCUT2D eigenvalue weighted by Crippen LogP contribution is 2.56. The number of hydrogen-bond donors (Lipinski definition) is 3. The summed E-state index contributed by atoms with van der Waals surface area (Å²) in [5.74, 6) is 0.0320. The zero-order valence-corrected chi connectivity index (χ0v) is 20.7. The van der Waals surface area contributed by atoms with Gasteiger partial charge in [0.15, 0.2) is 5.82 Å². The molecule has 1 aromatic heterocycles. The summed E-state index contributed by atoms with van der Waals surface area (Å²) in [7, 11) is 0. The van der Waals surface area contributed by atoms with Crippen molar-refractivity contribution in [3.05, 3.63) is 41.7 Å². The SMILES string of the molecule is CC1(C)S[C@@H]2C(NC(=O)C(N)c3ccccc3)C(=O)N2C1c1nnn[nH]1.CCN(CC)CC. The van der Waals surface area contributed by atoms with Crippen molar-refractivity contribution in [2.45, 2.75) is 62.9 Å². The molecule has 0 saturated carbocycles. The van der Waals surface area contributed by atoms with Crippen molar-refractivity contribution in [1.82, 2.24) is 35.7 Å². The summed E-state index contributed by atoms with van der Waals surface area (Å²) in [5.41, 5.74) is 6.74. The molecule has 2 amide bonds. The minimum atomic E-state index is -0.813. The van der Waals surface area contributed by atoms with Gasteiger partial charge in [0, 0.05) is 4.75 Å². The monoisotopic (exact) mass is 474 g/mol. The molecule has 11 heteroatoms. The van der Waals surface area contributed by atoms with Gasteiger partial charge in [-0.3, -0.25) is 9.59 Å². The average molecular weight is 475 g/mol. The number of nitrogens with two attached hydrogens (primary N) is 1. The number of fused-ring (bicyclic) bond motifs is 1. The molecule has 0 radical (unpaired) electrons. The molecule has 3 unspecified atom stereocenters. The number of nitrogens with one attached hydrogen (secondary N) is 2. The lowest BCUT2D eigenvalue weighted by molar-refractivity contribution is -0.152. The topological polar surface area (TPSA) is 133 Å². The first-order chi connectivity index (χ1) is 15.7. The maximum Gasteiger partial charge on any atom is 0.249 e. The van der Waals surface area contributed by atoms with Gasteiger partial charge in [-0.05, 0) is 49.5 Å². The highest BCUT2D eigenvalue weighted by atomic mass is 32.2. The molecule has 4 atom stereocenters. The molecule has 2 saturated heterocycles. The summed E-state index contributed by atoms with van der Waals surface area (Å²) >= 11 is 1.62. The van der Waals surface area contributed by atoms with Crippen molar-refractivity contribution in [3.63, 3.8) is 0 Å². The Morgan fingerprint density at radius 3 is 2.39 bits per heavy atom. The van der Waals surface area contributed by atoms with Crippen LogP contribution in [0.4, 0.5) is 0 Å². The Hall–Kier alpha value is -2.50. The van der Waals surface area contributed by atoms with E-state index in [-0.39, 0.29) is 28.0 Å². The highest BCUT2D eigenvalue weighted by molar-refractivity contribution is 8.01. The van der Waals surface area contributed by atoms with Crippen LogP contribution < -0.4 is 11.1 Å². The normalized spacial score (nSPS) is 23.9. The number of H-pyrrole nitrogens is 1. The Morgan fingerprint density at radius 2 is 1.88 bits per heavy atom. The number of carbonyl (C=O) groups is 2. The van der Waals surface area contributed by atoms with Gasteiger partial charge >= 0.3 is 0 Å². The quantitative estimate of drug-likeness (QED) is 0.514. The van der Waals surface area contributed by atoms with Crippen molar-refractivity contribution in [2.75, 3.05) is 19.6 Å². The fourth-order valence-electron chi connectivity index (χ4n) is 4.20. The number of aromatic nitrogens is 4. The van der Waals surface area contributed by atoms with Crippen LogP contribution in [-0.4, -0.2) is 78.0 Å².